The Bertz CT molecular complexity index is 1400. The smallest absolute Gasteiger partial charge is 0.247 e. The maximum absolute atomic E-state index is 14.6. The molecule has 234 valence electrons. The number of carbonyl (C=O) groups is 3. The van der Waals surface area contributed by atoms with Crippen molar-refractivity contribution in [1.29, 1.82) is 0 Å². The number of rotatable bonds is 13. The summed E-state index contributed by atoms with van der Waals surface area (Å²) in [4.78, 5) is 48.8. The Morgan fingerprint density at radius 3 is 2.39 bits per heavy atom. The van der Waals surface area contributed by atoms with Crippen molar-refractivity contribution >= 4 is 35.2 Å². The standard InChI is InChI=1S/C35H43N3O5S/c1-6-20-36(22-25-12-10-9-11-13-25)33(42)30-35-19-18-34(5,44-35)28(29(35)32(41)38(30)24(4)23-39)31(40)37(21-7-2)26-14-16-27(17-15-26)43-8-3/h6-7,9-17,24,28-30,39H,1-2,8,18-23H2,3-5H3/t24-,28+,29+,30?,34-,35?/m1/s1. The molecule has 3 heterocycles. The number of anilines is 1. The molecular formula is C35H43N3O5S. The van der Waals surface area contributed by atoms with E-state index < -0.39 is 33.4 Å². The van der Waals surface area contributed by atoms with Crippen molar-refractivity contribution in [3.05, 3.63) is 85.5 Å². The molecule has 9 heteroatoms. The van der Waals surface area contributed by atoms with Gasteiger partial charge in [0, 0.05) is 30.1 Å². The Hall–Kier alpha value is -3.56. The van der Waals surface area contributed by atoms with E-state index in [2.05, 4.69) is 20.1 Å². The summed E-state index contributed by atoms with van der Waals surface area (Å²) in [6.45, 7) is 14.8. The number of fused-ring (bicyclic) bond motifs is 1. The van der Waals surface area contributed by atoms with Crippen LogP contribution in [0.15, 0.2) is 79.9 Å². The van der Waals surface area contributed by atoms with Gasteiger partial charge in [-0.3, -0.25) is 14.4 Å². The zero-order valence-corrected chi connectivity index (χ0v) is 26.7. The molecule has 0 radical (unpaired) electrons. The topological polar surface area (TPSA) is 90.4 Å². The summed E-state index contributed by atoms with van der Waals surface area (Å²) in [6, 6.07) is 15.7. The van der Waals surface area contributed by atoms with E-state index in [-0.39, 0.29) is 30.9 Å². The number of benzene rings is 2. The first kappa shape index (κ1) is 31.9. The first-order valence-electron chi connectivity index (χ1n) is 15.4. The van der Waals surface area contributed by atoms with E-state index >= 15 is 0 Å². The molecule has 3 fully saturated rings. The van der Waals surface area contributed by atoms with Gasteiger partial charge in [-0.15, -0.1) is 24.9 Å². The maximum atomic E-state index is 14.6. The van der Waals surface area contributed by atoms with Crippen LogP contribution in [-0.2, 0) is 20.9 Å². The predicted octanol–water partition coefficient (Wildman–Crippen LogP) is 4.68. The SMILES string of the molecule is C=CCN(Cc1ccccc1)C(=O)C1N([C@H](C)CO)C(=O)[C@@H]2[C@@H](C(=O)N(CC=C)c3ccc(OCC)cc3)[C@@]3(C)CCC12S3. The Morgan fingerprint density at radius 2 is 1.77 bits per heavy atom. The molecule has 2 unspecified atom stereocenters. The molecule has 8 nitrogen and oxygen atoms in total. The van der Waals surface area contributed by atoms with Crippen LogP contribution in [-0.4, -0.2) is 80.5 Å². The van der Waals surface area contributed by atoms with Crippen molar-refractivity contribution in [2.24, 2.45) is 11.8 Å². The number of aliphatic hydroxyl groups excluding tert-OH is 1. The highest BCUT2D eigenvalue weighted by Gasteiger charge is 2.78. The van der Waals surface area contributed by atoms with Crippen molar-refractivity contribution in [1.82, 2.24) is 9.80 Å². The Balaban J connectivity index is 1.54. The van der Waals surface area contributed by atoms with Crippen LogP contribution in [0.5, 0.6) is 5.75 Å². The minimum Gasteiger partial charge on any atom is -0.494 e. The molecule has 0 saturated carbocycles. The van der Waals surface area contributed by atoms with E-state index in [1.54, 1.807) is 45.5 Å². The van der Waals surface area contributed by atoms with Crippen LogP contribution >= 0.6 is 11.8 Å². The Morgan fingerprint density at radius 1 is 1.09 bits per heavy atom. The summed E-state index contributed by atoms with van der Waals surface area (Å²) in [6.07, 6.45) is 4.72. The van der Waals surface area contributed by atoms with Crippen LogP contribution in [0.25, 0.3) is 0 Å². The average molecular weight is 618 g/mol. The molecule has 2 bridgehead atoms. The third-order valence-electron chi connectivity index (χ3n) is 9.37. The summed E-state index contributed by atoms with van der Waals surface area (Å²) >= 11 is 1.63. The highest BCUT2D eigenvalue weighted by atomic mass is 32.2. The van der Waals surface area contributed by atoms with Gasteiger partial charge < -0.3 is 24.5 Å². The summed E-state index contributed by atoms with van der Waals surface area (Å²) < 4.78 is 4.28. The number of likely N-dealkylation sites (tertiary alicyclic amines) is 1. The van der Waals surface area contributed by atoms with Gasteiger partial charge >= 0.3 is 0 Å². The molecule has 2 aromatic carbocycles. The van der Waals surface area contributed by atoms with Crippen LogP contribution < -0.4 is 9.64 Å². The molecule has 6 atom stereocenters. The fraction of sp³-hybridized carbons (Fsp3) is 0.457. The number of nitrogens with zero attached hydrogens (tertiary/aromatic N) is 3. The predicted molar refractivity (Wildman–Crippen MR) is 174 cm³/mol. The van der Waals surface area contributed by atoms with Crippen LogP contribution in [0.1, 0.15) is 39.2 Å². The number of hydrogen-bond acceptors (Lipinski definition) is 6. The van der Waals surface area contributed by atoms with Gasteiger partial charge in [-0.1, -0.05) is 42.5 Å². The first-order chi connectivity index (χ1) is 21.2. The summed E-state index contributed by atoms with van der Waals surface area (Å²) in [5.74, 6) is -1.19. The van der Waals surface area contributed by atoms with E-state index in [0.29, 0.717) is 44.0 Å². The average Bonchev–Trinajstić information content (AvgIpc) is 3.60. The number of amides is 3. The van der Waals surface area contributed by atoms with E-state index in [1.165, 1.54) is 0 Å². The molecule has 1 spiro atoms. The molecule has 3 amide bonds. The zero-order chi connectivity index (χ0) is 31.6. The van der Waals surface area contributed by atoms with E-state index in [0.717, 1.165) is 5.56 Å². The third-order valence-corrected chi connectivity index (χ3v) is 11.4. The fourth-order valence-corrected chi connectivity index (χ4v) is 9.79. The molecule has 3 aliphatic heterocycles. The number of hydrogen-bond donors (Lipinski definition) is 1. The number of ether oxygens (including phenoxy) is 1. The Labute approximate surface area is 264 Å². The molecule has 2 aromatic rings. The van der Waals surface area contributed by atoms with Gasteiger partial charge in [0.1, 0.15) is 11.8 Å². The van der Waals surface area contributed by atoms with Crippen molar-refractivity contribution in [3.63, 3.8) is 0 Å². The Kier molecular flexibility index (Phi) is 9.28. The highest BCUT2D eigenvalue weighted by Crippen LogP contribution is 2.72. The van der Waals surface area contributed by atoms with Gasteiger partial charge in [-0.05, 0) is 63.4 Å². The maximum Gasteiger partial charge on any atom is 0.247 e. The van der Waals surface area contributed by atoms with Crippen molar-refractivity contribution in [2.45, 2.75) is 61.7 Å². The molecule has 1 N–H and O–H groups in total. The van der Waals surface area contributed by atoms with E-state index in [9.17, 15) is 19.5 Å². The van der Waals surface area contributed by atoms with Gasteiger partial charge in [-0.2, -0.15) is 0 Å². The highest BCUT2D eigenvalue weighted by molar-refractivity contribution is 8.02. The third kappa shape index (κ3) is 5.34. The van der Waals surface area contributed by atoms with Crippen LogP contribution in [0.2, 0.25) is 0 Å². The van der Waals surface area contributed by atoms with Gasteiger partial charge in [0.25, 0.3) is 0 Å². The number of thioether (sulfide) groups is 1. The molecule has 3 saturated heterocycles. The van der Waals surface area contributed by atoms with Crippen molar-refractivity contribution in [3.8, 4) is 5.75 Å². The lowest BCUT2D eigenvalue weighted by molar-refractivity contribution is -0.145. The quantitative estimate of drug-likeness (QED) is 0.329. The lowest BCUT2D eigenvalue weighted by Crippen LogP contribution is -2.56. The number of aliphatic hydroxyl groups is 1. The minimum absolute atomic E-state index is 0.152. The minimum atomic E-state index is -0.811. The lowest BCUT2D eigenvalue weighted by Gasteiger charge is -2.39. The first-order valence-corrected chi connectivity index (χ1v) is 16.2. The lowest BCUT2D eigenvalue weighted by atomic mass is 9.66. The molecular weight excluding hydrogens is 574 g/mol. The summed E-state index contributed by atoms with van der Waals surface area (Å²) in [7, 11) is 0. The van der Waals surface area contributed by atoms with E-state index in [4.69, 9.17) is 4.74 Å². The van der Waals surface area contributed by atoms with Gasteiger partial charge in [0.15, 0.2) is 0 Å². The second-order valence-electron chi connectivity index (χ2n) is 12.2. The van der Waals surface area contributed by atoms with Crippen LogP contribution in [0, 0.1) is 11.8 Å². The normalized spacial score (nSPS) is 27.5. The largest absolute Gasteiger partial charge is 0.494 e. The van der Waals surface area contributed by atoms with Crippen molar-refractivity contribution < 1.29 is 24.2 Å². The molecule has 44 heavy (non-hydrogen) atoms. The van der Waals surface area contributed by atoms with Crippen LogP contribution in [0.3, 0.4) is 0 Å². The summed E-state index contributed by atoms with van der Waals surface area (Å²) in [5, 5.41) is 10.3. The van der Waals surface area contributed by atoms with Crippen LogP contribution in [0.4, 0.5) is 5.69 Å². The van der Waals surface area contributed by atoms with Gasteiger partial charge in [0.05, 0.1) is 35.8 Å². The van der Waals surface area contributed by atoms with Crippen molar-refractivity contribution in [2.75, 3.05) is 31.2 Å². The molecule has 5 rings (SSSR count). The molecule has 3 aliphatic rings. The second kappa shape index (κ2) is 12.8. The second-order valence-corrected chi connectivity index (χ2v) is 14.1. The van der Waals surface area contributed by atoms with E-state index in [1.807, 2.05) is 61.5 Å². The number of carbonyl (C=O) groups excluding carboxylic acids is 3. The fourth-order valence-electron chi connectivity index (χ4n) is 7.45. The molecule has 0 aromatic heterocycles. The zero-order valence-electron chi connectivity index (χ0n) is 25.9. The monoisotopic (exact) mass is 617 g/mol. The summed E-state index contributed by atoms with van der Waals surface area (Å²) in [5.41, 5.74) is 1.67. The molecule has 0 aliphatic carbocycles. The van der Waals surface area contributed by atoms with Gasteiger partial charge in [-0.25, -0.2) is 0 Å². The van der Waals surface area contributed by atoms with Gasteiger partial charge in [0.2, 0.25) is 17.7 Å².